The van der Waals surface area contributed by atoms with Crippen molar-refractivity contribution in [1.82, 2.24) is 10.6 Å². The van der Waals surface area contributed by atoms with Crippen LogP contribution in [0.3, 0.4) is 0 Å². The van der Waals surface area contributed by atoms with Crippen molar-refractivity contribution in [2.45, 2.75) is 33.2 Å². The van der Waals surface area contributed by atoms with E-state index in [1.165, 1.54) is 0 Å². The lowest BCUT2D eigenvalue weighted by molar-refractivity contribution is -0.148. The van der Waals surface area contributed by atoms with E-state index in [0.29, 0.717) is 19.8 Å². The molecule has 0 spiro atoms. The first-order valence-electron chi connectivity index (χ1n) is 6.10. The number of amides is 1. The van der Waals surface area contributed by atoms with Crippen molar-refractivity contribution in [3.63, 3.8) is 0 Å². The lowest BCUT2D eigenvalue weighted by Crippen LogP contribution is -2.45. The fourth-order valence-electron chi connectivity index (χ4n) is 1.17. The molecule has 0 aromatic heterocycles. The first-order valence-corrected chi connectivity index (χ1v) is 6.10. The number of carbonyl (C=O) groups excluding carboxylic acids is 2. The van der Waals surface area contributed by atoms with E-state index in [9.17, 15) is 9.59 Å². The van der Waals surface area contributed by atoms with Crippen LogP contribution in [-0.4, -0.2) is 50.3 Å². The third-order valence-corrected chi connectivity index (χ3v) is 1.75. The summed E-state index contributed by atoms with van der Waals surface area (Å²) in [5.41, 5.74) is -0.223. The summed E-state index contributed by atoms with van der Waals surface area (Å²) in [6.07, 6.45) is 0. The van der Waals surface area contributed by atoms with Gasteiger partial charge in [0, 0.05) is 12.1 Å². The molecule has 6 nitrogen and oxygen atoms in total. The van der Waals surface area contributed by atoms with Crippen LogP contribution >= 0.6 is 0 Å². The van der Waals surface area contributed by atoms with Gasteiger partial charge in [-0.3, -0.25) is 4.79 Å². The Bertz CT molecular complexity index is 261. The smallest absolute Gasteiger partial charge is 0.332 e. The van der Waals surface area contributed by atoms with Gasteiger partial charge in [0.15, 0.2) is 0 Å². The third-order valence-electron chi connectivity index (χ3n) is 1.75. The Balaban J connectivity index is 3.41. The van der Waals surface area contributed by atoms with Crippen LogP contribution in [0, 0.1) is 0 Å². The van der Waals surface area contributed by atoms with E-state index >= 15 is 0 Å². The summed E-state index contributed by atoms with van der Waals surface area (Å²) < 4.78 is 9.75. The molecule has 0 saturated carbocycles. The Kier molecular flexibility index (Phi) is 8.32. The second kappa shape index (κ2) is 8.88. The topological polar surface area (TPSA) is 76.7 Å². The van der Waals surface area contributed by atoms with Crippen molar-refractivity contribution in [1.29, 1.82) is 0 Å². The minimum atomic E-state index is -0.372. The predicted octanol–water partition coefficient (Wildman–Crippen LogP) is 0.0704. The average molecular weight is 260 g/mol. The van der Waals surface area contributed by atoms with Gasteiger partial charge in [-0.1, -0.05) is 0 Å². The van der Waals surface area contributed by atoms with E-state index in [0.717, 1.165) is 0 Å². The molecule has 2 N–H and O–H groups in total. The van der Waals surface area contributed by atoms with Crippen LogP contribution in [0.5, 0.6) is 0 Å². The predicted molar refractivity (Wildman–Crippen MR) is 68.2 cm³/mol. The molecule has 6 heteroatoms. The van der Waals surface area contributed by atoms with Gasteiger partial charge in [-0.15, -0.1) is 0 Å². The molecule has 0 aliphatic carbocycles. The first-order chi connectivity index (χ1) is 8.35. The van der Waals surface area contributed by atoms with E-state index in [4.69, 9.17) is 9.47 Å². The molecule has 0 aliphatic rings. The van der Waals surface area contributed by atoms with Crippen LogP contribution in [0.1, 0.15) is 27.7 Å². The van der Waals surface area contributed by atoms with Crippen molar-refractivity contribution in [2.75, 3.05) is 32.9 Å². The fourth-order valence-corrected chi connectivity index (χ4v) is 1.17. The number of rotatable bonds is 8. The Morgan fingerprint density at radius 1 is 1.22 bits per heavy atom. The van der Waals surface area contributed by atoms with Crippen molar-refractivity contribution < 1.29 is 19.1 Å². The summed E-state index contributed by atoms with van der Waals surface area (Å²) in [6, 6.07) is 0. The molecule has 0 unspecified atom stereocenters. The molecule has 0 radical (unpaired) electrons. The molecule has 18 heavy (non-hydrogen) atoms. The number of ether oxygens (including phenoxy) is 2. The average Bonchev–Trinajstić information content (AvgIpc) is 2.21. The van der Waals surface area contributed by atoms with Gasteiger partial charge in [-0.2, -0.15) is 0 Å². The maximum absolute atomic E-state index is 11.4. The molecule has 0 saturated heterocycles. The summed E-state index contributed by atoms with van der Waals surface area (Å²) in [4.78, 5) is 22.3. The Morgan fingerprint density at radius 2 is 1.89 bits per heavy atom. The molecular weight excluding hydrogens is 236 g/mol. The third kappa shape index (κ3) is 11.3. The second-order valence-electron chi connectivity index (χ2n) is 4.83. The molecule has 0 atom stereocenters. The van der Waals surface area contributed by atoms with Crippen LogP contribution < -0.4 is 10.6 Å². The molecule has 106 valence electrons. The molecule has 0 aromatic rings. The summed E-state index contributed by atoms with van der Waals surface area (Å²) in [6.45, 7) is 8.93. The zero-order valence-corrected chi connectivity index (χ0v) is 11.7. The maximum atomic E-state index is 11.4. The zero-order valence-electron chi connectivity index (χ0n) is 11.7. The van der Waals surface area contributed by atoms with E-state index < -0.39 is 0 Å². The normalized spacial score (nSPS) is 11.1. The van der Waals surface area contributed by atoms with Crippen LogP contribution in [0.25, 0.3) is 0 Å². The van der Waals surface area contributed by atoms with Crippen molar-refractivity contribution in [3.05, 3.63) is 0 Å². The molecule has 0 aromatic carbocycles. The Hall–Kier alpha value is -1.14. The molecule has 0 bridgehead atoms. The van der Waals surface area contributed by atoms with Gasteiger partial charge >= 0.3 is 5.97 Å². The van der Waals surface area contributed by atoms with Crippen molar-refractivity contribution in [3.8, 4) is 0 Å². The molecule has 0 fully saturated rings. The molecule has 0 heterocycles. The quantitative estimate of drug-likeness (QED) is 0.477. The van der Waals surface area contributed by atoms with E-state index in [1.807, 2.05) is 20.8 Å². The van der Waals surface area contributed by atoms with Gasteiger partial charge in [0.2, 0.25) is 5.91 Å². The first kappa shape index (κ1) is 16.9. The molecule has 0 rings (SSSR count). The van der Waals surface area contributed by atoms with Crippen LogP contribution in [0.15, 0.2) is 0 Å². The van der Waals surface area contributed by atoms with Gasteiger partial charge < -0.3 is 20.1 Å². The fraction of sp³-hybridized carbons (Fsp3) is 0.833. The summed E-state index contributed by atoms with van der Waals surface area (Å²) in [5.74, 6) is -0.434. The maximum Gasteiger partial charge on any atom is 0.332 e. The Morgan fingerprint density at radius 3 is 2.44 bits per heavy atom. The minimum absolute atomic E-state index is 0.0519. The molecule has 0 aliphatic heterocycles. The van der Waals surface area contributed by atoms with Gasteiger partial charge in [-0.05, 0) is 27.7 Å². The Labute approximate surface area is 108 Å². The number of carbonyl (C=O) groups is 2. The lowest BCUT2D eigenvalue weighted by atomic mass is 10.1. The number of hydrogen-bond donors (Lipinski definition) is 2. The lowest BCUT2D eigenvalue weighted by Gasteiger charge is -2.20. The highest BCUT2D eigenvalue weighted by atomic mass is 16.6. The highest BCUT2D eigenvalue weighted by molar-refractivity contribution is 5.78. The van der Waals surface area contributed by atoms with E-state index in [-0.39, 0.29) is 30.6 Å². The van der Waals surface area contributed by atoms with Crippen LogP contribution in [0.2, 0.25) is 0 Å². The zero-order chi connectivity index (χ0) is 14.0. The number of hydrogen-bond acceptors (Lipinski definition) is 5. The molecule has 1 amide bonds. The number of esters is 1. The van der Waals surface area contributed by atoms with Crippen molar-refractivity contribution in [2.24, 2.45) is 0 Å². The largest absolute Gasteiger partial charge is 0.464 e. The SMILES string of the molecule is CCOC(=O)COCCNCC(=O)NC(C)(C)C. The van der Waals surface area contributed by atoms with Gasteiger partial charge in [-0.25, -0.2) is 4.79 Å². The summed E-state index contributed by atoms with van der Waals surface area (Å²) in [7, 11) is 0. The van der Waals surface area contributed by atoms with Crippen LogP contribution in [-0.2, 0) is 19.1 Å². The molecular formula is C12H24N2O4. The second-order valence-corrected chi connectivity index (χ2v) is 4.83. The highest BCUT2D eigenvalue weighted by Gasteiger charge is 2.12. The van der Waals surface area contributed by atoms with E-state index in [1.54, 1.807) is 6.92 Å². The van der Waals surface area contributed by atoms with Crippen LogP contribution in [0.4, 0.5) is 0 Å². The summed E-state index contributed by atoms with van der Waals surface area (Å²) in [5, 5.41) is 5.75. The van der Waals surface area contributed by atoms with Gasteiger partial charge in [0.1, 0.15) is 6.61 Å². The highest BCUT2D eigenvalue weighted by Crippen LogP contribution is 1.96. The monoisotopic (exact) mass is 260 g/mol. The van der Waals surface area contributed by atoms with Gasteiger partial charge in [0.05, 0.1) is 19.8 Å². The van der Waals surface area contributed by atoms with E-state index in [2.05, 4.69) is 10.6 Å². The summed E-state index contributed by atoms with van der Waals surface area (Å²) >= 11 is 0. The van der Waals surface area contributed by atoms with Crippen molar-refractivity contribution >= 4 is 11.9 Å². The standard InChI is InChI=1S/C12H24N2O4/c1-5-18-11(16)9-17-7-6-13-8-10(15)14-12(2,3)4/h13H,5-9H2,1-4H3,(H,14,15). The van der Waals surface area contributed by atoms with Gasteiger partial charge in [0.25, 0.3) is 0 Å². The number of nitrogens with one attached hydrogen (secondary N) is 2. The minimum Gasteiger partial charge on any atom is -0.464 e.